The van der Waals surface area contributed by atoms with E-state index in [1.807, 2.05) is 0 Å². The molecule has 80 valence electrons. The highest BCUT2D eigenvalue weighted by Gasteiger charge is 2.09. The molecule has 0 amide bonds. The molecule has 0 aliphatic carbocycles. The topological polar surface area (TPSA) is 41.6 Å². The average Bonchev–Trinajstić information content (AvgIpc) is 2.67. The molecule has 2 aromatic rings. The van der Waals surface area contributed by atoms with Gasteiger partial charge in [-0.05, 0) is 18.2 Å². The third kappa shape index (κ3) is 2.04. The van der Waals surface area contributed by atoms with E-state index in [2.05, 4.69) is 11.1 Å². The van der Waals surface area contributed by atoms with E-state index >= 15 is 0 Å². The van der Waals surface area contributed by atoms with Crippen LogP contribution in [-0.2, 0) is 6.54 Å². The summed E-state index contributed by atoms with van der Waals surface area (Å²) in [4.78, 5) is 4.18. The van der Waals surface area contributed by atoms with Crippen molar-refractivity contribution in [3.8, 4) is 17.5 Å². The lowest BCUT2D eigenvalue weighted by Crippen LogP contribution is -1.97. The molecule has 16 heavy (non-hydrogen) atoms. The Hall–Kier alpha value is -1.50. The van der Waals surface area contributed by atoms with Crippen LogP contribution in [0.25, 0.3) is 11.4 Å². The number of hydrogen-bond donors (Lipinski definition) is 0. The maximum absolute atomic E-state index is 8.67. The molecule has 0 spiro atoms. The highest BCUT2D eigenvalue weighted by atomic mass is 35.5. The van der Waals surface area contributed by atoms with Gasteiger partial charge in [-0.25, -0.2) is 4.98 Å². The van der Waals surface area contributed by atoms with Crippen LogP contribution in [0, 0.1) is 11.3 Å². The van der Waals surface area contributed by atoms with Crippen molar-refractivity contribution in [1.82, 2.24) is 9.55 Å². The predicted molar refractivity (Wildman–Crippen MR) is 63.3 cm³/mol. The molecule has 0 atom stereocenters. The second kappa shape index (κ2) is 4.56. The number of halogens is 2. The molecule has 3 nitrogen and oxygen atoms in total. The smallest absolute Gasteiger partial charge is 0.142 e. The molecule has 5 heteroatoms. The minimum absolute atomic E-state index is 0.244. The Morgan fingerprint density at radius 3 is 2.88 bits per heavy atom. The van der Waals surface area contributed by atoms with Crippen LogP contribution >= 0.6 is 23.2 Å². The van der Waals surface area contributed by atoms with Gasteiger partial charge in [-0.1, -0.05) is 23.2 Å². The highest BCUT2D eigenvalue weighted by molar-refractivity contribution is 6.36. The summed E-state index contributed by atoms with van der Waals surface area (Å²) in [6.07, 6.45) is 3.38. The summed E-state index contributed by atoms with van der Waals surface area (Å²) in [6.45, 7) is 0.244. The van der Waals surface area contributed by atoms with Crippen molar-refractivity contribution in [1.29, 1.82) is 5.26 Å². The largest absolute Gasteiger partial charge is 0.317 e. The Morgan fingerprint density at radius 2 is 2.19 bits per heavy atom. The predicted octanol–water partition coefficient (Wildman–Crippen LogP) is 3.38. The van der Waals surface area contributed by atoms with Gasteiger partial charge in [0.1, 0.15) is 12.4 Å². The lowest BCUT2D eigenvalue weighted by molar-refractivity contribution is 0.841. The fourth-order valence-corrected chi connectivity index (χ4v) is 1.92. The number of rotatable bonds is 2. The molecule has 0 radical (unpaired) electrons. The van der Waals surface area contributed by atoms with Crippen LogP contribution in [0.5, 0.6) is 0 Å². The zero-order chi connectivity index (χ0) is 11.5. The summed E-state index contributed by atoms with van der Waals surface area (Å²) < 4.78 is 1.73. The van der Waals surface area contributed by atoms with Gasteiger partial charge in [0.2, 0.25) is 0 Å². The molecular formula is C11H7Cl2N3. The fourth-order valence-electron chi connectivity index (χ4n) is 1.43. The summed E-state index contributed by atoms with van der Waals surface area (Å²) >= 11 is 11.9. The quantitative estimate of drug-likeness (QED) is 0.822. The first-order valence-electron chi connectivity index (χ1n) is 4.56. The fraction of sp³-hybridized carbons (Fsp3) is 0.0909. The van der Waals surface area contributed by atoms with E-state index in [4.69, 9.17) is 28.5 Å². The minimum atomic E-state index is 0.244. The second-order valence-corrected chi connectivity index (χ2v) is 4.00. The molecule has 1 aromatic carbocycles. The first-order valence-corrected chi connectivity index (χ1v) is 5.31. The standard InChI is InChI=1S/C11H7Cl2N3/c12-8-1-2-9(10(13)7-8)11-15-4-6-16(11)5-3-14/h1-2,4,6-7H,5H2. The van der Waals surface area contributed by atoms with Crippen LogP contribution in [0.4, 0.5) is 0 Å². The van der Waals surface area contributed by atoms with Crippen LogP contribution in [0.15, 0.2) is 30.6 Å². The number of nitrogens with zero attached hydrogens (tertiary/aromatic N) is 3. The molecule has 2 rings (SSSR count). The van der Waals surface area contributed by atoms with Crippen molar-refractivity contribution in [3.63, 3.8) is 0 Å². The van der Waals surface area contributed by atoms with Gasteiger partial charge in [0, 0.05) is 23.0 Å². The van der Waals surface area contributed by atoms with Crippen LogP contribution in [-0.4, -0.2) is 9.55 Å². The summed E-state index contributed by atoms with van der Waals surface area (Å²) in [6, 6.07) is 7.26. The maximum Gasteiger partial charge on any atom is 0.142 e. The third-order valence-corrected chi connectivity index (χ3v) is 2.68. The zero-order valence-corrected chi connectivity index (χ0v) is 9.70. The first kappa shape index (κ1) is 11.0. The molecule has 0 N–H and O–H groups in total. The number of nitriles is 1. The average molecular weight is 252 g/mol. The van der Waals surface area contributed by atoms with E-state index in [0.29, 0.717) is 15.9 Å². The van der Waals surface area contributed by atoms with Gasteiger partial charge in [-0.15, -0.1) is 0 Å². The maximum atomic E-state index is 8.67. The number of benzene rings is 1. The molecule has 0 saturated carbocycles. The van der Waals surface area contributed by atoms with Gasteiger partial charge >= 0.3 is 0 Å². The van der Waals surface area contributed by atoms with Crippen molar-refractivity contribution in [2.24, 2.45) is 0 Å². The first-order chi connectivity index (χ1) is 7.72. The van der Waals surface area contributed by atoms with Crippen molar-refractivity contribution in [3.05, 3.63) is 40.6 Å². The minimum Gasteiger partial charge on any atom is -0.317 e. The summed E-state index contributed by atoms with van der Waals surface area (Å²) in [5.74, 6) is 0.670. The second-order valence-electron chi connectivity index (χ2n) is 3.16. The Kier molecular flexibility index (Phi) is 3.14. The van der Waals surface area contributed by atoms with Crippen LogP contribution in [0.2, 0.25) is 10.0 Å². The number of imidazole rings is 1. The molecule has 1 heterocycles. The van der Waals surface area contributed by atoms with Gasteiger partial charge in [0.05, 0.1) is 11.1 Å². The van der Waals surface area contributed by atoms with E-state index < -0.39 is 0 Å². The summed E-state index contributed by atoms with van der Waals surface area (Å²) in [5, 5.41) is 9.77. The third-order valence-electron chi connectivity index (χ3n) is 2.13. The van der Waals surface area contributed by atoms with Crippen molar-refractivity contribution >= 4 is 23.2 Å². The summed E-state index contributed by atoms with van der Waals surface area (Å²) in [5.41, 5.74) is 0.770. The Bertz CT molecular complexity index is 555. The molecule has 0 aliphatic heterocycles. The number of aromatic nitrogens is 2. The van der Waals surface area contributed by atoms with Gasteiger partial charge < -0.3 is 4.57 Å². The van der Waals surface area contributed by atoms with Crippen LogP contribution < -0.4 is 0 Å². The van der Waals surface area contributed by atoms with Gasteiger partial charge in [-0.2, -0.15) is 5.26 Å². The number of hydrogen-bond acceptors (Lipinski definition) is 2. The van der Waals surface area contributed by atoms with Gasteiger partial charge in [0.15, 0.2) is 0 Å². The van der Waals surface area contributed by atoms with E-state index in [0.717, 1.165) is 5.56 Å². The van der Waals surface area contributed by atoms with E-state index in [9.17, 15) is 0 Å². The molecule has 0 bridgehead atoms. The van der Waals surface area contributed by atoms with Crippen molar-refractivity contribution in [2.75, 3.05) is 0 Å². The van der Waals surface area contributed by atoms with Gasteiger partial charge in [-0.3, -0.25) is 0 Å². The summed E-state index contributed by atoms with van der Waals surface area (Å²) in [7, 11) is 0. The van der Waals surface area contributed by atoms with Gasteiger partial charge in [0.25, 0.3) is 0 Å². The zero-order valence-electron chi connectivity index (χ0n) is 8.19. The van der Waals surface area contributed by atoms with E-state index in [1.165, 1.54) is 0 Å². The lowest BCUT2D eigenvalue weighted by Gasteiger charge is -2.05. The normalized spacial score (nSPS) is 10.1. The molecular weight excluding hydrogens is 245 g/mol. The SMILES string of the molecule is N#CCn1ccnc1-c1ccc(Cl)cc1Cl. The molecule has 0 fully saturated rings. The molecule has 1 aromatic heterocycles. The molecule has 0 saturated heterocycles. The van der Waals surface area contributed by atoms with Crippen LogP contribution in [0.3, 0.4) is 0 Å². The van der Waals surface area contributed by atoms with Crippen LogP contribution in [0.1, 0.15) is 0 Å². The molecule has 0 aliphatic rings. The Balaban J connectivity index is 2.51. The van der Waals surface area contributed by atoms with Crippen molar-refractivity contribution in [2.45, 2.75) is 6.54 Å². The highest BCUT2D eigenvalue weighted by Crippen LogP contribution is 2.29. The molecule has 0 unspecified atom stereocenters. The monoisotopic (exact) mass is 251 g/mol. The lowest BCUT2D eigenvalue weighted by atomic mass is 10.2. The Labute approximate surface area is 103 Å². The Morgan fingerprint density at radius 1 is 1.38 bits per heavy atom. The van der Waals surface area contributed by atoms with Crippen molar-refractivity contribution < 1.29 is 0 Å². The van der Waals surface area contributed by atoms with E-state index in [1.54, 1.807) is 35.2 Å². The van der Waals surface area contributed by atoms with E-state index in [-0.39, 0.29) is 6.54 Å².